The van der Waals surface area contributed by atoms with Crippen molar-refractivity contribution in [2.75, 3.05) is 13.2 Å². The Kier molecular flexibility index (Phi) is 37.2. The second-order valence-electron chi connectivity index (χ2n) is 13.9. The lowest BCUT2D eigenvalue weighted by molar-refractivity contribution is -0.161. The summed E-state index contributed by atoms with van der Waals surface area (Å²) in [4.78, 5) is 42.8. The second-order valence-corrected chi connectivity index (χ2v) is 15.2. The van der Waals surface area contributed by atoms with Crippen molar-refractivity contribution in [3.63, 3.8) is 0 Å². The first-order valence-electron chi connectivity index (χ1n) is 20.9. The maximum absolute atomic E-state index is 12.4. The Morgan fingerprint density at radius 2 is 0.923 bits per heavy atom. The van der Waals surface area contributed by atoms with Crippen LogP contribution in [0.25, 0.3) is 0 Å². The maximum Gasteiger partial charge on any atom is 0.469 e. The van der Waals surface area contributed by atoms with Gasteiger partial charge in [0, 0.05) is 12.8 Å². The van der Waals surface area contributed by atoms with Gasteiger partial charge in [0.2, 0.25) is 0 Å². The number of ether oxygens (including phenoxy) is 2. The average molecular weight is 753 g/mol. The average Bonchev–Trinajstić information content (AvgIpc) is 3.11. The minimum absolute atomic E-state index is 0.184. The van der Waals surface area contributed by atoms with Gasteiger partial charge in [0.05, 0.1) is 6.61 Å². The normalized spacial score (nSPS) is 12.9. The number of esters is 2. The van der Waals surface area contributed by atoms with Crippen molar-refractivity contribution in [2.24, 2.45) is 0 Å². The van der Waals surface area contributed by atoms with Crippen LogP contribution in [0.5, 0.6) is 0 Å². The van der Waals surface area contributed by atoms with Gasteiger partial charge in [0.15, 0.2) is 6.10 Å². The van der Waals surface area contributed by atoms with E-state index >= 15 is 0 Å². The molecule has 0 fully saturated rings. The van der Waals surface area contributed by atoms with E-state index in [4.69, 9.17) is 19.3 Å². The summed E-state index contributed by atoms with van der Waals surface area (Å²) in [6, 6.07) is 0. The van der Waals surface area contributed by atoms with Crippen LogP contribution in [0.1, 0.15) is 194 Å². The van der Waals surface area contributed by atoms with E-state index in [2.05, 4.69) is 67.0 Å². The lowest BCUT2D eigenvalue weighted by atomic mass is 10.0. The molecule has 0 unspecified atom stereocenters. The molecule has 302 valence electrons. The van der Waals surface area contributed by atoms with Gasteiger partial charge in [-0.2, -0.15) is 0 Å². The summed E-state index contributed by atoms with van der Waals surface area (Å²) in [6.07, 6.45) is 46.9. The third kappa shape index (κ3) is 40.8. The first-order valence-corrected chi connectivity index (χ1v) is 22.5. The molecule has 0 aliphatic rings. The number of phosphoric ester groups is 1. The molecular formula is C43H77O8P. The zero-order valence-corrected chi connectivity index (χ0v) is 34.1. The lowest BCUT2D eigenvalue weighted by Crippen LogP contribution is -2.29. The minimum atomic E-state index is -4.76. The molecule has 0 saturated heterocycles. The van der Waals surface area contributed by atoms with E-state index in [1.807, 2.05) is 0 Å². The smallest absolute Gasteiger partial charge is 0.462 e. The molecule has 0 aliphatic heterocycles. The van der Waals surface area contributed by atoms with Crippen LogP contribution >= 0.6 is 7.82 Å². The standard InChI is InChI=1S/C43H77O8P/c1-3-5-7-9-11-13-15-17-19-21-23-25-27-29-31-33-35-37-42(44)49-39-41(40-50-52(46,47)48)51-43(45)38-36-34-32-30-28-26-24-22-20-18-16-14-12-10-8-6-4-2/h6,8,12,14,18,20,24,26,41H,3-5,7,9-11,13,15-17,19,21-23,25,27-40H2,1-2H3,(H2,46,47,48)/b8-6-,14-12-,20-18-,26-24-/t41-/m1/s1. The van der Waals surface area contributed by atoms with Crippen LogP contribution < -0.4 is 0 Å². The number of hydrogen-bond donors (Lipinski definition) is 2. The summed E-state index contributed by atoms with van der Waals surface area (Å²) < 4.78 is 26.4. The third-order valence-electron chi connectivity index (χ3n) is 8.86. The number of unbranched alkanes of at least 4 members (excludes halogenated alkanes) is 20. The SMILES string of the molecule is CC/C=C\C/C=C\C/C=C\C/C=C\CCCCCCC(=O)O[C@H](COC(=O)CCCCCCCCCCCCCCCCCCC)COP(=O)(O)O. The van der Waals surface area contributed by atoms with E-state index in [-0.39, 0.29) is 19.4 Å². The van der Waals surface area contributed by atoms with Crippen LogP contribution in [0.2, 0.25) is 0 Å². The Hall–Kier alpha value is -1.99. The van der Waals surface area contributed by atoms with E-state index in [1.165, 1.54) is 89.9 Å². The van der Waals surface area contributed by atoms with Gasteiger partial charge in [-0.15, -0.1) is 0 Å². The highest BCUT2D eigenvalue weighted by molar-refractivity contribution is 7.46. The van der Waals surface area contributed by atoms with E-state index in [0.29, 0.717) is 6.42 Å². The summed E-state index contributed by atoms with van der Waals surface area (Å²) in [7, 11) is -4.76. The van der Waals surface area contributed by atoms with E-state index < -0.39 is 32.5 Å². The van der Waals surface area contributed by atoms with Gasteiger partial charge >= 0.3 is 19.8 Å². The quantitative estimate of drug-likeness (QED) is 0.0277. The highest BCUT2D eigenvalue weighted by Crippen LogP contribution is 2.36. The van der Waals surface area contributed by atoms with Crippen LogP contribution in [0.4, 0.5) is 0 Å². The van der Waals surface area contributed by atoms with E-state index in [9.17, 15) is 14.2 Å². The van der Waals surface area contributed by atoms with Crippen LogP contribution in [0.3, 0.4) is 0 Å². The van der Waals surface area contributed by atoms with Gasteiger partial charge < -0.3 is 19.3 Å². The number of carbonyl (C=O) groups is 2. The van der Waals surface area contributed by atoms with Gasteiger partial charge in [0.1, 0.15) is 6.61 Å². The van der Waals surface area contributed by atoms with Crippen molar-refractivity contribution in [1.82, 2.24) is 0 Å². The zero-order chi connectivity index (χ0) is 38.2. The molecule has 0 heterocycles. The van der Waals surface area contributed by atoms with Crippen LogP contribution in [-0.2, 0) is 28.2 Å². The van der Waals surface area contributed by atoms with Crippen molar-refractivity contribution >= 4 is 19.8 Å². The van der Waals surface area contributed by atoms with Gasteiger partial charge in [-0.25, -0.2) is 4.57 Å². The summed E-state index contributed by atoms with van der Waals surface area (Å²) in [5.74, 6) is -0.908. The third-order valence-corrected chi connectivity index (χ3v) is 9.35. The Balaban J connectivity index is 3.95. The van der Waals surface area contributed by atoms with E-state index in [1.54, 1.807) is 0 Å². The number of allylic oxidation sites excluding steroid dienone is 8. The monoisotopic (exact) mass is 753 g/mol. The van der Waals surface area contributed by atoms with Crippen molar-refractivity contribution in [3.05, 3.63) is 48.6 Å². The lowest BCUT2D eigenvalue weighted by Gasteiger charge is -2.18. The second kappa shape index (κ2) is 38.7. The molecule has 0 bridgehead atoms. The van der Waals surface area contributed by atoms with Gasteiger partial charge in [-0.05, 0) is 51.4 Å². The van der Waals surface area contributed by atoms with Gasteiger partial charge in [-0.3, -0.25) is 14.1 Å². The van der Waals surface area contributed by atoms with Gasteiger partial charge in [0.25, 0.3) is 0 Å². The molecule has 0 aromatic heterocycles. The minimum Gasteiger partial charge on any atom is -0.462 e. The predicted molar refractivity (Wildman–Crippen MR) is 216 cm³/mol. The topological polar surface area (TPSA) is 119 Å². The molecule has 0 aromatic rings. The molecular weight excluding hydrogens is 675 g/mol. The summed E-state index contributed by atoms with van der Waals surface area (Å²) in [6.45, 7) is 3.56. The van der Waals surface area contributed by atoms with Crippen LogP contribution in [0, 0.1) is 0 Å². The fourth-order valence-corrected chi connectivity index (χ4v) is 6.14. The van der Waals surface area contributed by atoms with Crippen molar-refractivity contribution < 1.29 is 37.9 Å². The number of rotatable bonds is 38. The van der Waals surface area contributed by atoms with Crippen molar-refractivity contribution in [3.8, 4) is 0 Å². The fraction of sp³-hybridized carbons (Fsp3) is 0.767. The highest BCUT2D eigenvalue weighted by Gasteiger charge is 2.22. The molecule has 0 radical (unpaired) electrons. The maximum atomic E-state index is 12.4. The molecule has 1 atom stereocenters. The summed E-state index contributed by atoms with van der Waals surface area (Å²) in [5, 5.41) is 0. The highest BCUT2D eigenvalue weighted by atomic mass is 31.2. The number of carbonyl (C=O) groups excluding carboxylic acids is 2. The zero-order valence-electron chi connectivity index (χ0n) is 33.2. The Morgan fingerprint density at radius 1 is 0.519 bits per heavy atom. The molecule has 52 heavy (non-hydrogen) atoms. The molecule has 0 aliphatic carbocycles. The molecule has 0 spiro atoms. The Bertz CT molecular complexity index is 984. The van der Waals surface area contributed by atoms with Crippen LogP contribution in [0.15, 0.2) is 48.6 Å². The molecule has 0 amide bonds. The number of phosphoric acid groups is 1. The molecule has 0 aromatic carbocycles. The summed E-state index contributed by atoms with van der Waals surface area (Å²) in [5.41, 5.74) is 0. The number of hydrogen-bond acceptors (Lipinski definition) is 6. The predicted octanol–water partition coefficient (Wildman–Crippen LogP) is 12.7. The summed E-state index contributed by atoms with van der Waals surface area (Å²) >= 11 is 0. The van der Waals surface area contributed by atoms with Crippen molar-refractivity contribution in [1.29, 1.82) is 0 Å². The molecule has 0 rings (SSSR count). The first-order chi connectivity index (χ1) is 25.3. The van der Waals surface area contributed by atoms with Crippen molar-refractivity contribution in [2.45, 2.75) is 200 Å². The first kappa shape index (κ1) is 50.0. The molecule has 0 saturated carbocycles. The Morgan fingerprint density at radius 3 is 1.38 bits per heavy atom. The van der Waals surface area contributed by atoms with Crippen LogP contribution in [-0.4, -0.2) is 41.0 Å². The molecule has 8 nitrogen and oxygen atoms in total. The fourth-order valence-electron chi connectivity index (χ4n) is 5.78. The largest absolute Gasteiger partial charge is 0.469 e. The molecule has 2 N–H and O–H groups in total. The van der Waals surface area contributed by atoms with Gasteiger partial charge in [-0.1, -0.05) is 178 Å². The molecule has 9 heteroatoms. The Labute approximate surface area is 318 Å². The van der Waals surface area contributed by atoms with E-state index in [0.717, 1.165) is 70.6 Å².